The molecule has 0 fully saturated rings. The molecule has 15 heavy (non-hydrogen) atoms. The first-order chi connectivity index (χ1) is 7.11. The highest BCUT2D eigenvalue weighted by atomic mass is 16.6. The fourth-order valence-electron chi connectivity index (χ4n) is 0.981. The minimum absolute atomic E-state index is 0.314. The van der Waals surface area contributed by atoms with E-state index in [9.17, 15) is 4.79 Å². The van der Waals surface area contributed by atoms with Crippen LogP contribution in [0.4, 0.5) is 16.2 Å². The van der Waals surface area contributed by atoms with E-state index in [4.69, 9.17) is 10.5 Å². The van der Waals surface area contributed by atoms with E-state index in [1.807, 2.05) is 0 Å². The van der Waals surface area contributed by atoms with Gasteiger partial charge in [-0.3, -0.25) is 5.32 Å². The summed E-state index contributed by atoms with van der Waals surface area (Å²) in [4.78, 5) is 11.3. The van der Waals surface area contributed by atoms with Crippen LogP contribution in [-0.4, -0.2) is 12.2 Å². The number of anilines is 2. The third kappa shape index (κ3) is 3.72. The molecule has 0 aliphatic rings. The largest absolute Gasteiger partial charge is 0.442 e. The van der Waals surface area contributed by atoms with Gasteiger partial charge in [-0.1, -0.05) is 18.7 Å². The Hall–Kier alpha value is -1.97. The lowest BCUT2D eigenvalue weighted by atomic mass is 10.3. The lowest BCUT2D eigenvalue weighted by Crippen LogP contribution is -2.18. The van der Waals surface area contributed by atoms with Gasteiger partial charge < -0.3 is 10.5 Å². The Kier molecular flexibility index (Phi) is 3.74. The molecular formula is C11H14N2O2. The number of nitrogens with one attached hydrogen (secondary N) is 1. The fourth-order valence-corrected chi connectivity index (χ4v) is 0.981. The maximum atomic E-state index is 11.3. The van der Waals surface area contributed by atoms with Gasteiger partial charge in [0.05, 0.1) is 0 Å². The van der Waals surface area contributed by atoms with Crippen LogP contribution < -0.4 is 11.1 Å². The van der Waals surface area contributed by atoms with Gasteiger partial charge in [0.25, 0.3) is 0 Å². The zero-order chi connectivity index (χ0) is 11.3. The van der Waals surface area contributed by atoms with Gasteiger partial charge in [0.15, 0.2) is 0 Å². The van der Waals surface area contributed by atoms with Crippen LogP contribution in [0.3, 0.4) is 0 Å². The summed E-state index contributed by atoms with van der Waals surface area (Å²) < 4.78 is 4.93. The van der Waals surface area contributed by atoms with Crippen molar-refractivity contribution in [1.29, 1.82) is 0 Å². The number of carbonyl (C=O) groups excluding carboxylic acids is 1. The van der Waals surface area contributed by atoms with Crippen molar-refractivity contribution < 1.29 is 9.53 Å². The molecule has 3 N–H and O–H groups in total. The van der Waals surface area contributed by atoms with Crippen molar-refractivity contribution in [3.63, 3.8) is 0 Å². The van der Waals surface area contributed by atoms with E-state index in [0.717, 1.165) is 0 Å². The van der Waals surface area contributed by atoms with E-state index >= 15 is 0 Å². The molecule has 80 valence electrons. The molecule has 4 nitrogen and oxygen atoms in total. The standard InChI is InChI=1S/C11H14N2O2/c1-3-8(2)15-11(14)13-10-6-4-5-9(12)7-10/h3-8H,1,12H2,2H3,(H,13,14). The van der Waals surface area contributed by atoms with Crippen molar-refractivity contribution in [1.82, 2.24) is 0 Å². The Labute approximate surface area is 88.7 Å². The van der Waals surface area contributed by atoms with Crippen LogP contribution in [-0.2, 0) is 4.74 Å². The summed E-state index contributed by atoms with van der Waals surface area (Å²) in [5.41, 5.74) is 6.75. The summed E-state index contributed by atoms with van der Waals surface area (Å²) in [5.74, 6) is 0. The molecule has 1 unspecified atom stereocenters. The van der Waals surface area contributed by atoms with Gasteiger partial charge in [0.2, 0.25) is 0 Å². The van der Waals surface area contributed by atoms with Gasteiger partial charge in [-0.2, -0.15) is 0 Å². The SMILES string of the molecule is C=CC(C)OC(=O)Nc1cccc(N)c1. The van der Waals surface area contributed by atoms with Crippen molar-refractivity contribution >= 4 is 17.5 Å². The minimum Gasteiger partial charge on any atom is -0.442 e. The van der Waals surface area contributed by atoms with Crippen LogP contribution in [0.15, 0.2) is 36.9 Å². The zero-order valence-electron chi connectivity index (χ0n) is 8.57. The van der Waals surface area contributed by atoms with Crippen LogP contribution in [0.25, 0.3) is 0 Å². The van der Waals surface area contributed by atoms with E-state index in [1.165, 1.54) is 0 Å². The quantitative estimate of drug-likeness (QED) is 0.589. The number of amides is 1. The number of nitrogens with two attached hydrogens (primary N) is 1. The van der Waals surface area contributed by atoms with Crippen molar-refractivity contribution in [3.05, 3.63) is 36.9 Å². The fraction of sp³-hybridized carbons (Fsp3) is 0.182. The first kappa shape index (κ1) is 11.1. The number of carbonyl (C=O) groups is 1. The summed E-state index contributed by atoms with van der Waals surface area (Å²) in [6.45, 7) is 5.24. The molecule has 0 aliphatic carbocycles. The summed E-state index contributed by atoms with van der Waals surface area (Å²) in [7, 11) is 0. The Morgan fingerprint density at radius 2 is 2.40 bits per heavy atom. The molecule has 1 aromatic carbocycles. The molecule has 1 amide bonds. The first-order valence-corrected chi connectivity index (χ1v) is 4.57. The Balaban J connectivity index is 2.55. The lowest BCUT2D eigenvalue weighted by Gasteiger charge is -2.10. The topological polar surface area (TPSA) is 64.3 Å². The maximum Gasteiger partial charge on any atom is 0.412 e. The average Bonchev–Trinajstić information content (AvgIpc) is 2.17. The molecule has 0 bridgehead atoms. The second-order valence-corrected chi connectivity index (χ2v) is 3.10. The second-order valence-electron chi connectivity index (χ2n) is 3.10. The van der Waals surface area contributed by atoms with Crippen LogP contribution in [0, 0.1) is 0 Å². The molecule has 0 saturated heterocycles. The molecule has 4 heteroatoms. The molecule has 0 aromatic heterocycles. The number of benzene rings is 1. The Bertz CT molecular complexity index is 363. The summed E-state index contributed by atoms with van der Waals surface area (Å²) >= 11 is 0. The second kappa shape index (κ2) is 5.05. The average molecular weight is 206 g/mol. The third-order valence-corrected chi connectivity index (χ3v) is 1.76. The minimum atomic E-state index is -0.520. The summed E-state index contributed by atoms with van der Waals surface area (Å²) in [6, 6.07) is 6.88. The van der Waals surface area contributed by atoms with Crippen molar-refractivity contribution in [3.8, 4) is 0 Å². The first-order valence-electron chi connectivity index (χ1n) is 4.57. The van der Waals surface area contributed by atoms with Gasteiger partial charge in [-0.25, -0.2) is 4.79 Å². The number of hydrogen-bond donors (Lipinski definition) is 2. The molecule has 1 rings (SSSR count). The third-order valence-electron chi connectivity index (χ3n) is 1.76. The van der Waals surface area contributed by atoms with Gasteiger partial charge in [0, 0.05) is 11.4 Å². The molecule has 0 saturated carbocycles. The maximum absolute atomic E-state index is 11.3. The predicted molar refractivity (Wildman–Crippen MR) is 60.6 cm³/mol. The summed E-state index contributed by atoms with van der Waals surface area (Å²) in [5, 5.41) is 2.56. The van der Waals surface area contributed by atoms with E-state index in [1.54, 1.807) is 37.3 Å². The van der Waals surface area contributed by atoms with Gasteiger partial charge in [-0.05, 0) is 25.1 Å². The monoisotopic (exact) mass is 206 g/mol. The van der Waals surface area contributed by atoms with Crippen LogP contribution in [0.2, 0.25) is 0 Å². The van der Waals surface area contributed by atoms with Crippen LogP contribution in [0.1, 0.15) is 6.92 Å². The van der Waals surface area contributed by atoms with E-state index in [0.29, 0.717) is 11.4 Å². The number of nitrogen functional groups attached to an aromatic ring is 1. The predicted octanol–water partition coefficient (Wildman–Crippen LogP) is 2.39. The molecule has 1 atom stereocenters. The van der Waals surface area contributed by atoms with Gasteiger partial charge >= 0.3 is 6.09 Å². The van der Waals surface area contributed by atoms with Crippen molar-refractivity contribution in [2.45, 2.75) is 13.0 Å². The Morgan fingerprint density at radius 1 is 1.67 bits per heavy atom. The molecule has 0 aliphatic heterocycles. The molecular weight excluding hydrogens is 192 g/mol. The molecule has 1 aromatic rings. The van der Waals surface area contributed by atoms with E-state index in [2.05, 4.69) is 11.9 Å². The Morgan fingerprint density at radius 3 is 3.00 bits per heavy atom. The highest BCUT2D eigenvalue weighted by Gasteiger charge is 2.05. The van der Waals surface area contributed by atoms with Crippen molar-refractivity contribution in [2.24, 2.45) is 0 Å². The van der Waals surface area contributed by atoms with E-state index < -0.39 is 6.09 Å². The molecule has 0 heterocycles. The molecule has 0 spiro atoms. The normalized spacial score (nSPS) is 11.5. The van der Waals surface area contributed by atoms with Crippen molar-refractivity contribution in [2.75, 3.05) is 11.1 Å². The van der Waals surface area contributed by atoms with Gasteiger partial charge in [-0.15, -0.1) is 0 Å². The van der Waals surface area contributed by atoms with Crippen LogP contribution in [0.5, 0.6) is 0 Å². The lowest BCUT2D eigenvalue weighted by molar-refractivity contribution is 0.142. The smallest absolute Gasteiger partial charge is 0.412 e. The highest BCUT2D eigenvalue weighted by molar-refractivity contribution is 5.85. The highest BCUT2D eigenvalue weighted by Crippen LogP contribution is 2.12. The van der Waals surface area contributed by atoms with Crippen LogP contribution >= 0.6 is 0 Å². The number of rotatable bonds is 3. The number of hydrogen-bond acceptors (Lipinski definition) is 3. The number of ether oxygens (including phenoxy) is 1. The van der Waals surface area contributed by atoms with Gasteiger partial charge in [0.1, 0.15) is 6.10 Å². The zero-order valence-corrected chi connectivity index (χ0v) is 8.57. The van der Waals surface area contributed by atoms with E-state index in [-0.39, 0.29) is 6.10 Å². The molecule has 0 radical (unpaired) electrons. The summed E-state index contributed by atoms with van der Waals surface area (Å²) in [6.07, 6.45) is 0.706.